The number of rotatable bonds is 6. The molecule has 2 aliphatic heterocycles. The Morgan fingerprint density at radius 3 is 2.83 bits per heavy atom. The van der Waals surface area contributed by atoms with E-state index in [0.29, 0.717) is 24.4 Å². The molecule has 7 heteroatoms. The Bertz CT molecular complexity index is 1000. The van der Waals surface area contributed by atoms with Gasteiger partial charge in [0, 0.05) is 29.8 Å². The molecule has 154 valence electrons. The van der Waals surface area contributed by atoms with E-state index in [1.807, 2.05) is 37.3 Å². The Morgan fingerprint density at radius 2 is 2.03 bits per heavy atom. The SMILES string of the molecule is C=C1OC(OC(=O)c2cccc3c2OB(O)[C@@H](CC(=O)CCC)C3)c2ccccc21. The number of para-hydroxylation sites is 1. The van der Waals surface area contributed by atoms with E-state index in [-0.39, 0.29) is 23.6 Å². The van der Waals surface area contributed by atoms with Crippen LogP contribution in [0.15, 0.2) is 49.0 Å². The maximum Gasteiger partial charge on any atom is 0.526 e. The Hall–Kier alpha value is -3.06. The lowest BCUT2D eigenvalue weighted by Gasteiger charge is -2.28. The van der Waals surface area contributed by atoms with Crippen LogP contribution in [0.5, 0.6) is 5.75 Å². The molecule has 2 aromatic carbocycles. The quantitative estimate of drug-likeness (QED) is 0.575. The number of carbonyl (C=O) groups excluding carboxylic acids is 2. The first-order chi connectivity index (χ1) is 14.5. The topological polar surface area (TPSA) is 82.1 Å². The highest BCUT2D eigenvalue weighted by Crippen LogP contribution is 2.40. The van der Waals surface area contributed by atoms with E-state index in [1.165, 1.54) is 0 Å². The van der Waals surface area contributed by atoms with Crippen molar-refractivity contribution in [3.63, 3.8) is 0 Å². The Labute approximate surface area is 175 Å². The highest BCUT2D eigenvalue weighted by molar-refractivity contribution is 6.47. The van der Waals surface area contributed by atoms with E-state index < -0.39 is 19.4 Å². The maximum absolute atomic E-state index is 12.9. The number of fused-ring (bicyclic) bond motifs is 2. The van der Waals surface area contributed by atoms with Gasteiger partial charge in [-0.15, -0.1) is 0 Å². The van der Waals surface area contributed by atoms with Gasteiger partial charge in [-0.25, -0.2) is 4.79 Å². The second-order valence-corrected chi connectivity index (χ2v) is 7.62. The molecule has 2 heterocycles. The van der Waals surface area contributed by atoms with Crippen molar-refractivity contribution in [2.75, 3.05) is 0 Å². The number of carbonyl (C=O) groups is 2. The Morgan fingerprint density at radius 1 is 1.23 bits per heavy atom. The van der Waals surface area contributed by atoms with Crippen molar-refractivity contribution < 1.29 is 28.7 Å². The molecule has 30 heavy (non-hydrogen) atoms. The van der Waals surface area contributed by atoms with Gasteiger partial charge in [0.25, 0.3) is 6.29 Å². The minimum atomic E-state index is -1.16. The molecule has 0 radical (unpaired) electrons. The first-order valence-corrected chi connectivity index (χ1v) is 10.1. The summed E-state index contributed by atoms with van der Waals surface area (Å²) < 4.78 is 16.9. The summed E-state index contributed by atoms with van der Waals surface area (Å²) in [6.45, 7) is 5.80. The molecule has 0 spiro atoms. The van der Waals surface area contributed by atoms with Gasteiger partial charge >= 0.3 is 13.1 Å². The first-order valence-electron chi connectivity index (χ1n) is 10.1. The third-order valence-electron chi connectivity index (χ3n) is 5.44. The van der Waals surface area contributed by atoms with Gasteiger partial charge in [0.05, 0.1) is 0 Å². The maximum atomic E-state index is 12.9. The summed E-state index contributed by atoms with van der Waals surface area (Å²) in [7, 11) is -1.16. The molecule has 0 saturated heterocycles. The number of ether oxygens (including phenoxy) is 2. The van der Waals surface area contributed by atoms with E-state index >= 15 is 0 Å². The van der Waals surface area contributed by atoms with Gasteiger partial charge in [0.2, 0.25) is 0 Å². The molecule has 0 amide bonds. The van der Waals surface area contributed by atoms with Crippen LogP contribution in [0, 0.1) is 0 Å². The summed E-state index contributed by atoms with van der Waals surface area (Å²) in [6, 6.07) is 12.5. The molecular weight excluding hydrogens is 383 g/mol. The van der Waals surface area contributed by atoms with Gasteiger partial charge in [-0.3, -0.25) is 4.79 Å². The lowest BCUT2D eigenvalue weighted by atomic mass is 9.64. The molecular formula is C23H23BO6. The van der Waals surface area contributed by atoms with Gasteiger partial charge in [-0.1, -0.05) is 49.9 Å². The van der Waals surface area contributed by atoms with Crippen LogP contribution < -0.4 is 4.65 Å². The molecule has 2 aliphatic rings. The molecule has 2 aromatic rings. The molecule has 1 N–H and O–H groups in total. The largest absolute Gasteiger partial charge is 0.535 e. The van der Waals surface area contributed by atoms with Crippen molar-refractivity contribution in [1.82, 2.24) is 0 Å². The molecule has 0 fully saturated rings. The Kier molecular flexibility index (Phi) is 5.64. The van der Waals surface area contributed by atoms with Gasteiger partial charge < -0.3 is 19.2 Å². The molecule has 0 bridgehead atoms. The van der Waals surface area contributed by atoms with Crippen molar-refractivity contribution in [3.05, 3.63) is 71.3 Å². The van der Waals surface area contributed by atoms with Gasteiger partial charge in [-0.05, 0) is 24.5 Å². The number of hydrogen-bond acceptors (Lipinski definition) is 6. The fourth-order valence-corrected chi connectivity index (χ4v) is 3.95. The number of benzene rings is 2. The summed E-state index contributed by atoms with van der Waals surface area (Å²) in [6.07, 6.45) is 1.07. The standard InChI is InChI=1S/C23H23BO6/c1-3-7-17(25)13-16-12-15-8-6-11-20(21(15)30-24(16)27)22(26)29-23-19-10-5-4-9-18(19)14(2)28-23/h4-6,8-11,16,23,27H,2-3,7,12-13H2,1H3/t16-,23?/m1/s1. The highest BCUT2D eigenvalue weighted by atomic mass is 16.7. The average molecular weight is 406 g/mol. The third kappa shape index (κ3) is 3.85. The minimum Gasteiger partial charge on any atom is -0.535 e. The van der Waals surface area contributed by atoms with E-state index in [4.69, 9.17) is 14.1 Å². The number of ketones is 1. The molecule has 6 nitrogen and oxygen atoms in total. The van der Waals surface area contributed by atoms with E-state index in [9.17, 15) is 14.6 Å². The lowest BCUT2D eigenvalue weighted by molar-refractivity contribution is -0.119. The van der Waals surface area contributed by atoms with Crippen molar-refractivity contribution in [3.8, 4) is 5.75 Å². The van der Waals surface area contributed by atoms with Gasteiger partial charge in [0.15, 0.2) is 0 Å². The Balaban J connectivity index is 1.53. The summed E-state index contributed by atoms with van der Waals surface area (Å²) in [4.78, 5) is 24.9. The van der Waals surface area contributed by atoms with E-state index in [2.05, 4.69) is 6.58 Å². The fraction of sp³-hybridized carbons (Fsp3) is 0.304. The molecule has 2 atom stereocenters. The predicted molar refractivity (Wildman–Crippen MR) is 112 cm³/mol. The fourth-order valence-electron chi connectivity index (χ4n) is 3.95. The monoisotopic (exact) mass is 406 g/mol. The van der Waals surface area contributed by atoms with Crippen LogP contribution in [0.3, 0.4) is 0 Å². The van der Waals surface area contributed by atoms with E-state index in [1.54, 1.807) is 12.1 Å². The van der Waals surface area contributed by atoms with Crippen molar-refractivity contribution in [2.45, 2.75) is 44.7 Å². The smallest absolute Gasteiger partial charge is 0.526 e. The van der Waals surface area contributed by atoms with Crippen molar-refractivity contribution >= 4 is 24.6 Å². The molecule has 4 rings (SSSR count). The van der Waals surface area contributed by atoms with Crippen LogP contribution in [0.1, 0.15) is 59.5 Å². The zero-order valence-electron chi connectivity index (χ0n) is 16.8. The predicted octanol–water partition coefficient (Wildman–Crippen LogP) is 4.09. The van der Waals surface area contributed by atoms with Crippen LogP contribution in [-0.2, 0) is 20.7 Å². The van der Waals surface area contributed by atoms with Crippen LogP contribution in [0.4, 0.5) is 0 Å². The summed E-state index contributed by atoms with van der Waals surface area (Å²) in [5.41, 5.74) is 2.51. The zero-order valence-corrected chi connectivity index (χ0v) is 16.8. The number of Topliss-reactive ketones (excluding diaryl/α,β-unsaturated/α-hetero) is 1. The summed E-state index contributed by atoms with van der Waals surface area (Å²) in [5.74, 6) is -0.115. The normalized spacial score (nSPS) is 19.4. The van der Waals surface area contributed by atoms with Gasteiger partial charge in [-0.2, -0.15) is 0 Å². The second-order valence-electron chi connectivity index (χ2n) is 7.62. The zero-order chi connectivity index (χ0) is 21.3. The molecule has 0 aliphatic carbocycles. The van der Waals surface area contributed by atoms with Crippen LogP contribution in [0.2, 0.25) is 5.82 Å². The minimum absolute atomic E-state index is 0.0986. The first kappa shape index (κ1) is 20.2. The second kappa shape index (κ2) is 8.36. The number of esters is 1. The van der Waals surface area contributed by atoms with Gasteiger partial charge in [0.1, 0.15) is 22.9 Å². The summed E-state index contributed by atoms with van der Waals surface area (Å²) >= 11 is 0. The van der Waals surface area contributed by atoms with E-state index in [0.717, 1.165) is 23.1 Å². The average Bonchev–Trinajstić information content (AvgIpc) is 3.04. The molecule has 0 aromatic heterocycles. The van der Waals surface area contributed by atoms with Crippen molar-refractivity contribution in [2.24, 2.45) is 0 Å². The summed E-state index contributed by atoms with van der Waals surface area (Å²) in [5, 5.41) is 10.4. The van der Waals surface area contributed by atoms with Crippen LogP contribution >= 0.6 is 0 Å². The third-order valence-corrected chi connectivity index (χ3v) is 5.44. The molecule has 1 unspecified atom stereocenters. The van der Waals surface area contributed by atoms with Crippen molar-refractivity contribution in [1.29, 1.82) is 0 Å². The lowest BCUT2D eigenvalue weighted by Crippen LogP contribution is -2.36. The number of hydrogen-bond donors (Lipinski definition) is 1. The highest BCUT2D eigenvalue weighted by Gasteiger charge is 2.38. The van der Waals surface area contributed by atoms with Crippen LogP contribution in [0.25, 0.3) is 5.76 Å². The molecule has 0 saturated carbocycles. The van der Waals surface area contributed by atoms with Crippen LogP contribution in [-0.4, -0.2) is 23.9 Å².